The van der Waals surface area contributed by atoms with Gasteiger partial charge in [0.1, 0.15) is 0 Å². The molecule has 0 saturated heterocycles. The molecule has 0 radical (unpaired) electrons. The van der Waals surface area contributed by atoms with Crippen LogP contribution < -0.4 is 4.90 Å². The summed E-state index contributed by atoms with van der Waals surface area (Å²) in [5.74, 6) is 0.670. The van der Waals surface area contributed by atoms with E-state index in [2.05, 4.69) is 9.97 Å². The van der Waals surface area contributed by atoms with Gasteiger partial charge in [0.15, 0.2) is 11.0 Å². The first-order chi connectivity index (χ1) is 8.20. The molecule has 5 heteroatoms. The molecule has 1 amide bonds. The molecule has 0 spiro atoms. The average Bonchev–Trinajstić information content (AvgIpc) is 2.39. The van der Waals surface area contributed by atoms with Crippen molar-refractivity contribution in [3.05, 3.63) is 17.5 Å². The van der Waals surface area contributed by atoms with Crippen LogP contribution in [-0.2, 0) is 4.79 Å². The second kappa shape index (κ2) is 5.45. The van der Waals surface area contributed by atoms with E-state index in [-0.39, 0.29) is 17.0 Å². The standard InChI is InChI=1S/C12H16ClN3O/c1-16(11-10(13)14-7-8-15-11)12(17)9-5-3-2-4-6-9/h7-9H,2-6H2,1H3. The summed E-state index contributed by atoms with van der Waals surface area (Å²) in [5.41, 5.74) is 0. The van der Waals surface area contributed by atoms with E-state index in [9.17, 15) is 4.79 Å². The fraction of sp³-hybridized carbons (Fsp3) is 0.583. The minimum Gasteiger partial charge on any atom is -0.297 e. The molecule has 0 N–H and O–H groups in total. The molecule has 17 heavy (non-hydrogen) atoms. The number of hydrogen-bond acceptors (Lipinski definition) is 3. The first-order valence-corrected chi connectivity index (χ1v) is 6.32. The summed E-state index contributed by atoms with van der Waals surface area (Å²) in [4.78, 5) is 21.8. The Morgan fingerprint density at radius 1 is 1.29 bits per heavy atom. The van der Waals surface area contributed by atoms with E-state index in [0.717, 1.165) is 25.7 Å². The predicted octanol–water partition coefficient (Wildman–Crippen LogP) is 2.67. The summed E-state index contributed by atoms with van der Waals surface area (Å²) in [6, 6.07) is 0. The molecule has 1 aromatic heterocycles. The molecule has 0 unspecified atom stereocenters. The third-order valence-corrected chi connectivity index (χ3v) is 3.51. The predicted molar refractivity (Wildman–Crippen MR) is 67.0 cm³/mol. The molecule has 1 heterocycles. The largest absolute Gasteiger partial charge is 0.297 e. The maximum Gasteiger partial charge on any atom is 0.231 e. The molecule has 1 aromatic rings. The quantitative estimate of drug-likeness (QED) is 0.814. The molecule has 0 bridgehead atoms. The molecule has 0 aromatic carbocycles. The van der Waals surface area contributed by atoms with Crippen LogP contribution in [0.15, 0.2) is 12.4 Å². The Bertz CT molecular complexity index is 404. The van der Waals surface area contributed by atoms with Crippen molar-refractivity contribution in [2.24, 2.45) is 5.92 Å². The molecular weight excluding hydrogens is 238 g/mol. The van der Waals surface area contributed by atoms with Crippen molar-refractivity contribution in [3.8, 4) is 0 Å². The average molecular weight is 254 g/mol. The molecule has 1 saturated carbocycles. The van der Waals surface area contributed by atoms with Crippen LogP contribution in [0.1, 0.15) is 32.1 Å². The number of hydrogen-bond donors (Lipinski definition) is 0. The maximum absolute atomic E-state index is 12.3. The fourth-order valence-corrected chi connectivity index (χ4v) is 2.50. The van der Waals surface area contributed by atoms with E-state index >= 15 is 0 Å². The normalized spacial score (nSPS) is 16.8. The van der Waals surface area contributed by atoms with Crippen molar-refractivity contribution in [1.82, 2.24) is 9.97 Å². The summed E-state index contributed by atoms with van der Waals surface area (Å²) in [7, 11) is 1.72. The minimum atomic E-state index is 0.104. The molecule has 1 aliphatic rings. The topological polar surface area (TPSA) is 46.1 Å². The van der Waals surface area contributed by atoms with Gasteiger partial charge in [-0.15, -0.1) is 0 Å². The van der Waals surface area contributed by atoms with Gasteiger partial charge in [0.05, 0.1) is 0 Å². The zero-order valence-corrected chi connectivity index (χ0v) is 10.7. The maximum atomic E-state index is 12.3. The van der Waals surface area contributed by atoms with Gasteiger partial charge in [0.2, 0.25) is 5.91 Å². The zero-order chi connectivity index (χ0) is 12.3. The molecule has 1 fully saturated rings. The van der Waals surface area contributed by atoms with Gasteiger partial charge in [-0.2, -0.15) is 0 Å². The summed E-state index contributed by atoms with van der Waals surface area (Å²) in [5, 5.41) is 0.277. The van der Waals surface area contributed by atoms with E-state index < -0.39 is 0 Å². The summed E-state index contributed by atoms with van der Waals surface area (Å²) >= 11 is 5.93. The Kier molecular flexibility index (Phi) is 3.94. The van der Waals surface area contributed by atoms with Crippen molar-refractivity contribution in [2.75, 3.05) is 11.9 Å². The number of anilines is 1. The van der Waals surface area contributed by atoms with Gasteiger partial charge >= 0.3 is 0 Å². The van der Waals surface area contributed by atoms with Crippen LogP contribution >= 0.6 is 11.6 Å². The van der Waals surface area contributed by atoms with Crippen LogP contribution in [0, 0.1) is 5.92 Å². The smallest absolute Gasteiger partial charge is 0.231 e. The van der Waals surface area contributed by atoms with Crippen LogP contribution in [-0.4, -0.2) is 22.9 Å². The van der Waals surface area contributed by atoms with Crippen LogP contribution in [0.2, 0.25) is 5.15 Å². The highest BCUT2D eigenvalue weighted by Crippen LogP contribution is 2.27. The lowest BCUT2D eigenvalue weighted by molar-refractivity contribution is -0.123. The lowest BCUT2D eigenvalue weighted by Crippen LogP contribution is -2.34. The lowest BCUT2D eigenvalue weighted by atomic mass is 9.88. The highest BCUT2D eigenvalue weighted by molar-refractivity contribution is 6.32. The minimum absolute atomic E-state index is 0.104. The summed E-state index contributed by atoms with van der Waals surface area (Å²) < 4.78 is 0. The Hall–Kier alpha value is -1.16. The second-order valence-electron chi connectivity index (χ2n) is 4.40. The highest BCUT2D eigenvalue weighted by atomic mass is 35.5. The SMILES string of the molecule is CN(C(=O)C1CCCCC1)c1nccnc1Cl. The van der Waals surface area contributed by atoms with Crippen LogP contribution in [0.25, 0.3) is 0 Å². The van der Waals surface area contributed by atoms with Gasteiger partial charge in [0.25, 0.3) is 0 Å². The molecule has 1 aliphatic carbocycles. The van der Waals surface area contributed by atoms with Crippen molar-refractivity contribution in [2.45, 2.75) is 32.1 Å². The number of rotatable bonds is 2. The monoisotopic (exact) mass is 253 g/mol. The van der Waals surface area contributed by atoms with Gasteiger partial charge in [-0.1, -0.05) is 30.9 Å². The first kappa shape index (κ1) is 12.3. The number of carbonyl (C=O) groups is 1. The second-order valence-corrected chi connectivity index (χ2v) is 4.76. The number of nitrogens with zero attached hydrogens (tertiary/aromatic N) is 3. The Balaban J connectivity index is 2.11. The van der Waals surface area contributed by atoms with Crippen LogP contribution in [0.5, 0.6) is 0 Å². The Labute approximate surface area is 106 Å². The molecular formula is C12H16ClN3O. The van der Waals surface area contributed by atoms with Crippen molar-refractivity contribution in [3.63, 3.8) is 0 Å². The van der Waals surface area contributed by atoms with Gasteiger partial charge in [0, 0.05) is 25.4 Å². The summed E-state index contributed by atoms with van der Waals surface area (Å²) in [6.45, 7) is 0. The third-order valence-electron chi connectivity index (χ3n) is 3.24. The third kappa shape index (κ3) is 2.75. The fourth-order valence-electron chi connectivity index (χ4n) is 2.27. The van der Waals surface area contributed by atoms with E-state index in [1.54, 1.807) is 13.2 Å². The van der Waals surface area contributed by atoms with E-state index in [0.29, 0.717) is 5.82 Å². The van der Waals surface area contributed by atoms with Crippen molar-refractivity contribution < 1.29 is 4.79 Å². The Morgan fingerprint density at radius 3 is 2.59 bits per heavy atom. The van der Waals surface area contributed by atoms with Gasteiger partial charge in [-0.3, -0.25) is 9.69 Å². The van der Waals surface area contributed by atoms with Crippen LogP contribution in [0.4, 0.5) is 5.82 Å². The lowest BCUT2D eigenvalue weighted by Gasteiger charge is -2.25. The molecule has 2 rings (SSSR count). The molecule has 4 nitrogen and oxygen atoms in total. The number of carbonyl (C=O) groups excluding carboxylic acids is 1. The van der Waals surface area contributed by atoms with E-state index in [4.69, 9.17) is 11.6 Å². The highest BCUT2D eigenvalue weighted by Gasteiger charge is 2.26. The molecule has 0 atom stereocenters. The molecule has 92 valence electrons. The van der Waals surface area contributed by atoms with Crippen molar-refractivity contribution >= 4 is 23.3 Å². The summed E-state index contributed by atoms with van der Waals surface area (Å²) in [6.07, 6.45) is 8.52. The van der Waals surface area contributed by atoms with E-state index in [1.807, 2.05) is 0 Å². The first-order valence-electron chi connectivity index (χ1n) is 5.94. The van der Waals surface area contributed by atoms with Crippen molar-refractivity contribution in [1.29, 1.82) is 0 Å². The number of halogens is 1. The van der Waals surface area contributed by atoms with Gasteiger partial charge < -0.3 is 0 Å². The van der Waals surface area contributed by atoms with Gasteiger partial charge in [-0.05, 0) is 12.8 Å². The van der Waals surface area contributed by atoms with Crippen LogP contribution in [0.3, 0.4) is 0 Å². The Morgan fingerprint density at radius 2 is 1.94 bits per heavy atom. The zero-order valence-electron chi connectivity index (χ0n) is 9.90. The molecule has 0 aliphatic heterocycles. The van der Waals surface area contributed by atoms with E-state index in [1.165, 1.54) is 17.5 Å². The van der Waals surface area contributed by atoms with Gasteiger partial charge in [-0.25, -0.2) is 9.97 Å². The number of amides is 1. The number of aromatic nitrogens is 2.